The summed E-state index contributed by atoms with van der Waals surface area (Å²) >= 11 is 12.9. The molecule has 8 nitrogen and oxygen atoms in total. The van der Waals surface area contributed by atoms with Crippen LogP contribution >= 0.6 is 23.2 Å². The van der Waals surface area contributed by atoms with E-state index in [9.17, 15) is 18.0 Å². The molecule has 0 saturated carbocycles. The van der Waals surface area contributed by atoms with Gasteiger partial charge in [0, 0.05) is 35.1 Å². The quantitative estimate of drug-likeness (QED) is 0.333. The van der Waals surface area contributed by atoms with Gasteiger partial charge in [0.15, 0.2) is 0 Å². The predicted molar refractivity (Wildman–Crippen MR) is 155 cm³/mol. The maximum atomic E-state index is 14.1. The first-order valence-electron chi connectivity index (χ1n) is 12.2. The van der Waals surface area contributed by atoms with E-state index in [0.29, 0.717) is 22.2 Å². The number of rotatable bonds is 12. The first-order valence-corrected chi connectivity index (χ1v) is 14.8. The summed E-state index contributed by atoms with van der Waals surface area (Å²) in [5, 5.41) is 3.44. The van der Waals surface area contributed by atoms with Crippen LogP contribution < -0.4 is 14.4 Å². The molecule has 0 fully saturated rings. The van der Waals surface area contributed by atoms with E-state index in [0.717, 1.165) is 16.1 Å². The minimum Gasteiger partial charge on any atom is -0.495 e. The summed E-state index contributed by atoms with van der Waals surface area (Å²) in [4.78, 5) is 28.8. The number of methoxy groups -OCH3 is 1. The van der Waals surface area contributed by atoms with Crippen molar-refractivity contribution in [3.8, 4) is 5.75 Å². The van der Waals surface area contributed by atoms with Crippen molar-refractivity contribution in [3.63, 3.8) is 0 Å². The third-order valence-corrected chi connectivity index (χ3v) is 7.88. The van der Waals surface area contributed by atoms with Crippen molar-refractivity contribution in [2.24, 2.45) is 0 Å². The summed E-state index contributed by atoms with van der Waals surface area (Å²) in [7, 11) is -2.52. The van der Waals surface area contributed by atoms with Gasteiger partial charge >= 0.3 is 0 Å². The minimum atomic E-state index is -3.93. The first kappa shape index (κ1) is 30.3. The van der Waals surface area contributed by atoms with Crippen molar-refractivity contribution in [1.29, 1.82) is 0 Å². The number of amides is 2. The van der Waals surface area contributed by atoms with Gasteiger partial charge in [-0.05, 0) is 36.8 Å². The van der Waals surface area contributed by atoms with Crippen molar-refractivity contribution >= 4 is 50.7 Å². The van der Waals surface area contributed by atoms with E-state index < -0.39 is 28.5 Å². The number of halogens is 2. The van der Waals surface area contributed by atoms with Crippen LogP contribution in [0.3, 0.4) is 0 Å². The number of carbonyl (C=O) groups excluding carboxylic acids is 2. The molecule has 3 aromatic rings. The summed E-state index contributed by atoms with van der Waals surface area (Å²) in [5.74, 6) is -0.725. The molecule has 0 aliphatic heterocycles. The molecule has 1 atom stereocenters. The van der Waals surface area contributed by atoms with Crippen LogP contribution in [0.15, 0.2) is 72.8 Å². The van der Waals surface area contributed by atoms with Crippen LogP contribution in [0.1, 0.15) is 18.1 Å². The van der Waals surface area contributed by atoms with Crippen LogP contribution in [0.4, 0.5) is 5.69 Å². The summed E-state index contributed by atoms with van der Waals surface area (Å²) < 4.78 is 32.1. The average Bonchev–Trinajstić information content (AvgIpc) is 2.90. The Kier molecular flexibility index (Phi) is 10.6. The smallest absolute Gasteiger partial charge is 0.244 e. The summed E-state index contributed by atoms with van der Waals surface area (Å²) in [6.07, 6.45) is 1.20. The van der Waals surface area contributed by atoms with Gasteiger partial charge in [0.2, 0.25) is 21.8 Å². The highest BCUT2D eigenvalue weighted by atomic mass is 35.5. The van der Waals surface area contributed by atoms with E-state index >= 15 is 0 Å². The van der Waals surface area contributed by atoms with Crippen LogP contribution in [0.25, 0.3) is 0 Å². The van der Waals surface area contributed by atoms with E-state index in [4.69, 9.17) is 27.9 Å². The van der Waals surface area contributed by atoms with E-state index in [1.54, 1.807) is 49.4 Å². The Morgan fingerprint density at radius 2 is 1.56 bits per heavy atom. The number of nitrogens with one attached hydrogen (secondary N) is 1. The Bertz CT molecular complexity index is 1380. The fourth-order valence-electron chi connectivity index (χ4n) is 4.13. The SMILES string of the molecule is CCNC(=O)[C@@H](Cc1ccccc1)N(Cc1c(Cl)cccc1Cl)C(=O)CN(c1ccccc1OC)S(C)(=O)=O. The van der Waals surface area contributed by atoms with Gasteiger partial charge in [-0.25, -0.2) is 8.42 Å². The fraction of sp³-hybridized carbons (Fsp3) is 0.286. The van der Waals surface area contributed by atoms with Crippen LogP contribution in [0.2, 0.25) is 10.0 Å². The molecule has 0 aromatic heterocycles. The molecule has 0 saturated heterocycles. The van der Waals surface area contributed by atoms with Gasteiger partial charge in [0.05, 0.1) is 19.1 Å². The third kappa shape index (κ3) is 7.88. The topological polar surface area (TPSA) is 96.0 Å². The molecule has 2 amide bonds. The number of para-hydroxylation sites is 2. The maximum Gasteiger partial charge on any atom is 0.244 e. The Morgan fingerprint density at radius 3 is 2.15 bits per heavy atom. The lowest BCUT2D eigenvalue weighted by Gasteiger charge is -2.34. The summed E-state index contributed by atoms with van der Waals surface area (Å²) in [5.41, 5.74) is 1.46. The maximum absolute atomic E-state index is 14.1. The molecule has 0 unspecified atom stereocenters. The van der Waals surface area contributed by atoms with Gasteiger partial charge < -0.3 is 15.0 Å². The molecule has 0 spiro atoms. The lowest BCUT2D eigenvalue weighted by molar-refractivity contribution is -0.140. The number of benzene rings is 3. The van der Waals surface area contributed by atoms with E-state index in [1.807, 2.05) is 30.3 Å². The standard InChI is InChI=1S/C28H31Cl2N3O5S/c1-4-31-28(35)25(17-20-11-6-5-7-12-20)32(18-21-22(29)13-10-14-23(21)30)27(34)19-33(39(3,36)37)24-15-8-9-16-26(24)38-2/h5-16,25H,4,17-19H2,1-3H3,(H,31,35)/t25-/m1/s1. The molecule has 3 aromatic carbocycles. The Labute approximate surface area is 239 Å². The molecule has 3 rings (SSSR count). The number of ether oxygens (including phenoxy) is 1. The van der Waals surface area contributed by atoms with Crippen molar-refractivity contribution < 1.29 is 22.7 Å². The summed E-state index contributed by atoms with van der Waals surface area (Å²) in [6, 6.07) is 19.7. The Morgan fingerprint density at radius 1 is 0.949 bits per heavy atom. The van der Waals surface area contributed by atoms with Crippen LogP contribution in [0.5, 0.6) is 5.75 Å². The van der Waals surface area contributed by atoms with E-state index in [1.165, 1.54) is 12.0 Å². The molecule has 0 aliphatic rings. The molecule has 39 heavy (non-hydrogen) atoms. The summed E-state index contributed by atoms with van der Waals surface area (Å²) in [6.45, 7) is 1.43. The lowest BCUT2D eigenvalue weighted by atomic mass is 10.0. The van der Waals surface area contributed by atoms with E-state index in [-0.39, 0.29) is 30.3 Å². The van der Waals surface area contributed by atoms with Crippen molar-refractivity contribution in [2.75, 3.05) is 30.8 Å². The van der Waals surface area contributed by atoms with Crippen LogP contribution in [-0.2, 0) is 32.6 Å². The highest BCUT2D eigenvalue weighted by Crippen LogP contribution is 2.31. The van der Waals surface area contributed by atoms with Crippen molar-refractivity contribution in [3.05, 3.63) is 94.0 Å². The number of hydrogen-bond acceptors (Lipinski definition) is 5. The number of hydrogen-bond donors (Lipinski definition) is 1. The van der Waals surface area contributed by atoms with Gasteiger partial charge in [-0.1, -0.05) is 71.7 Å². The monoisotopic (exact) mass is 591 g/mol. The Balaban J connectivity index is 2.11. The molecular formula is C28H31Cl2N3O5S. The van der Waals surface area contributed by atoms with Gasteiger partial charge in [-0.15, -0.1) is 0 Å². The van der Waals surface area contributed by atoms with Crippen LogP contribution in [-0.4, -0.2) is 57.6 Å². The predicted octanol–water partition coefficient (Wildman–Crippen LogP) is 4.54. The average molecular weight is 593 g/mol. The minimum absolute atomic E-state index is 0.116. The van der Waals surface area contributed by atoms with Gasteiger partial charge in [-0.3, -0.25) is 13.9 Å². The van der Waals surface area contributed by atoms with Gasteiger partial charge in [-0.2, -0.15) is 0 Å². The van der Waals surface area contributed by atoms with Crippen molar-refractivity contribution in [2.45, 2.75) is 25.9 Å². The molecule has 0 radical (unpaired) electrons. The molecule has 0 aliphatic carbocycles. The second-order valence-electron chi connectivity index (χ2n) is 8.76. The van der Waals surface area contributed by atoms with E-state index in [2.05, 4.69) is 5.32 Å². The second-order valence-corrected chi connectivity index (χ2v) is 11.5. The van der Waals surface area contributed by atoms with Crippen LogP contribution in [0, 0.1) is 0 Å². The molecule has 0 bridgehead atoms. The zero-order valence-electron chi connectivity index (χ0n) is 21.9. The van der Waals surface area contributed by atoms with Gasteiger partial charge in [0.1, 0.15) is 18.3 Å². The largest absolute Gasteiger partial charge is 0.495 e. The molecule has 11 heteroatoms. The highest BCUT2D eigenvalue weighted by Gasteiger charge is 2.34. The second kappa shape index (κ2) is 13.7. The fourth-order valence-corrected chi connectivity index (χ4v) is 5.50. The number of carbonyl (C=O) groups is 2. The molecule has 208 valence electrons. The van der Waals surface area contributed by atoms with Crippen molar-refractivity contribution in [1.82, 2.24) is 10.2 Å². The number of anilines is 1. The normalized spacial score (nSPS) is 11.9. The Hall–Kier alpha value is -3.27. The number of likely N-dealkylation sites (N-methyl/N-ethyl adjacent to an activating group) is 1. The third-order valence-electron chi connectivity index (χ3n) is 6.05. The molecular weight excluding hydrogens is 561 g/mol. The van der Waals surface area contributed by atoms with Gasteiger partial charge in [0.25, 0.3) is 0 Å². The number of nitrogens with zero attached hydrogens (tertiary/aromatic N) is 2. The lowest BCUT2D eigenvalue weighted by Crippen LogP contribution is -2.53. The zero-order chi connectivity index (χ0) is 28.6. The molecule has 0 heterocycles. The molecule has 1 N–H and O–H groups in total. The first-order chi connectivity index (χ1) is 18.6. The highest BCUT2D eigenvalue weighted by molar-refractivity contribution is 7.92. The number of sulfonamides is 1. The zero-order valence-corrected chi connectivity index (χ0v) is 24.3.